The third kappa shape index (κ3) is 4.70. The molecule has 3 aromatic rings. The maximum absolute atomic E-state index is 12.4. The molecule has 0 aliphatic carbocycles. The Morgan fingerprint density at radius 1 is 1.19 bits per heavy atom. The molecule has 4 N–H and O–H groups in total. The third-order valence-corrected chi connectivity index (χ3v) is 7.28. The first-order valence-electron chi connectivity index (χ1n) is 12.0. The van der Waals surface area contributed by atoms with Crippen molar-refractivity contribution in [2.75, 3.05) is 54.1 Å². The number of hydrogen-bond acceptors (Lipinski definition) is 8. The number of carbonyl (C=O) groups is 1. The van der Waals surface area contributed by atoms with Crippen molar-refractivity contribution in [2.24, 2.45) is 0 Å². The van der Waals surface area contributed by atoms with E-state index >= 15 is 0 Å². The minimum atomic E-state index is -0.587. The van der Waals surface area contributed by atoms with Crippen LogP contribution >= 0.6 is 15.9 Å². The van der Waals surface area contributed by atoms with Crippen LogP contribution in [0.3, 0.4) is 0 Å². The molecule has 0 spiro atoms. The second-order valence-electron chi connectivity index (χ2n) is 9.41. The Labute approximate surface area is 219 Å². The summed E-state index contributed by atoms with van der Waals surface area (Å²) in [4.78, 5) is 23.9. The van der Waals surface area contributed by atoms with Crippen LogP contribution in [0.2, 0.25) is 0 Å². The van der Waals surface area contributed by atoms with Gasteiger partial charge >= 0.3 is 0 Å². The molecule has 2 aromatic carbocycles. The van der Waals surface area contributed by atoms with Gasteiger partial charge in [0.2, 0.25) is 11.9 Å². The number of methoxy groups -OCH3 is 1. The molecule has 0 radical (unpaired) electrons. The van der Waals surface area contributed by atoms with Gasteiger partial charge in [0.25, 0.3) is 0 Å². The quantitative estimate of drug-likeness (QED) is 0.345. The van der Waals surface area contributed by atoms with Gasteiger partial charge in [-0.2, -0.15) is 4.98 Å². The molecule has 1 aromatic heterocycles. The molecule has 36 heavy (non-hydrogen) atoms. The number of fused-ring (bicyclic) bond motifs is 1. The molecule has 2 aliphatic heterocycles. The smallest absolute Gasteiger partial charge is 0.234 e. The number of halogens is 1. The zero-order valence-electron chi connectivity index (χ0n) is 20.6. The van der Waals surface area contributed by atoms with E-state index in [2.05, 4.69) is 58.1 Å². The Kier molecular flexibility index (Phi) is 6.72. The highest BCUT2D eigenvalue weighted by Gasteiger charge is 2.39. The normalized spacial score (nSPS) is 16.3. The van der Waals surface area contributed by atoms with E-state index in [0.717, 1.165) is 64.6 Å². The summed E-state index contributed by atoms with van der Waals surface area (Å²) in [6.45, 7) is 8.28. The van der Waals surface area contributed by atoms with Crippen LogP contribution in [0.1, 0.15) is 25.0 Å². The van der Waals surface area contributed by atoms with Crippen molar-refractivity contribution in [1.29, 1.82) is 0 Å². The molecule has 1 saturated heterocycles. The zero-order chi connectivity index (χ0) is 25.3. The van der Waals surface area contributed by atoms with E-state index in [0.29, 0.717) is 18.3 Å². The predicted octanol–water partition coefficient (Wildman–Crippen LogP) is 4.24. The van der Waals surface area contributed by atoms with Crippen molar-refractivity contribution in [1.82, 2.24) is 15.3 Å². The first-order chi connectivity index (χ1) is 17.4. The lowest BCUT2D eigenvalue weighted by Gasteiger charge is -2.30. The Hall–Kier alpha value is -3.37. The van der Waals surface area contributed by atoms with Gasteiger partial charge in [-0.05, 0) is 59.1 Å². The lowest BCUT2D eigenvalue weighted by molar-refractivity contribution is -0.119. The molecule has 0 unspecified atom stereocenters. The molecule has 0 bridgehead atoms. The Balaban J connectivity index is 1.34. The van der Waals surface area contributed by atoms with E-state index in [-0.39, 0.29) is 5.91 Å². The molecule has 9 nitrogen and oxygen atoms in total. The monoisotopic (exact) mass is 551 g/mol. The van der Waals surface area contributed by atoms with Crippen LogP contribution in [-0.2, 0) is 16.8 Å². The summed E-state index contributed by atoms with van der Waals surface area (Å²) in [6.07, 6.45) is 1.71. The van der Waals surface area contributed by atoms with Crippen molar-refractivity contribution in [3.8, 4) is 5.75 Å². The predicted molar refractivity (Wildman–Crippen MR) is 147 cm³/mol. The molecule has 2 aliphatic rings. The average Bonchev–Trinajstić information content (AvgIpc) is 3.13. The average molecular weight is 552 g/mol. The van der Waals surface area contributed by atoms with Crippen LogP contribution in [0.15, 0.2) is 47.1 Å². The number of aromatic nitrogens is 2. The molecule has 0 saturated carbocycles. The molecule has 188 valence electrons. The van der Waals surface area contributed by atoms with E-state index in [1.807, 2.05) is 44.2 Å². The van der Waals surface area contributed by atoms with E-state index in [9.17, 15) is 4.79 Å². The molecule has 0 atom stereocenters. The Morgan fingerprint density at radius 3 is 2.78 bits per heavy atom. The van der Waals surface area contributed by atoms with E-state index in [1.54, 1.807) is 13.3 Å². The van der Waals surface area contributed by atoms with Gasteiger partial charge < -0.3 is 30.9 Å². The molecule has 5 rings (SSSR count). The van der Waals surface area contributed by atoms with Gasteiger partial charge in [-0.1, -0.05) is 12.1 Å². The van der Waals surface area contributed by atoms with Crippen LogP contribution in [0.4, 0.5) is 28.8 Å². The zero-order valence-corrected chi connectivity index (χ0v) is 22.2. The lowest BCUT2D eigenvalue weighted by Crippen LogP contribution is -2.43. The number of amides is 1. The van der Waals surface area contributed by atoms with Gasteiger partial charge in [-0.15, -0.1) is 0 Å². The van der Waals surface area contributed by atoms with Gasteiger partial charge in [-0.25, -0.2) is 4.98 Å². The van der Waals surface area contributed by atoms with Crippen LogP contribution < -0.4 is 30.9 Å². The molecule has 10 heteroatoms. The summed E-state index contributed by atoms with van der Waals surface area (Å²) < 4.78 is 6.41. The van der Waals surface area contributed by atoms with Gasteiger partial charge in [0, 0.05) is 56.4 Å². The number of anilines is 5. The van der Waals surface area contributed by atoms with Crippen LogP contribution in [0, 0.1) is 0 Å². The molecule has 1 fully saturated rings. The van der Waals surface area contributed by atoms with Crippen molar-refractivity contribution in [3.05, 3.63) is 58.2 Å². The summed E-state index contributed by atoms with van der Waals surface area (Å²) in [5, 5.41) is 13.0. The fraction of sp³-hybridized carbons (Fsp3) is 0.346. The minimum absolute atomic E-state index is 0.0107. The highest BCUT2D eigenvalue weighted by Crippen LogP contribution is 2.40. The van der Waals surface area contributed by atoms with Gasteiger partial charge in [0.15, 0.2) is 0 Å². The molecule has 1 amide bonds. The second-order valence-corrected chi connectivity index (χ2v) is 10.3. The molecular weight excluding hydrogens is 522 g/mol. The maximum Gasteiger partial charge on any atom is 0.234 e. The first kappa shape index (κ1) is 24.3. The fourth-order valence-corrected chi connectivity index (χ4v) is 5.07. The largest absolute Gasteiger partial charge is 0.494 e. The van der Waals surface area contributed by atoms with Crippen molar-refractivity contribution in [3.63, 3.8) is 0 Å². The minimum Gasteiger partial charge on any atom is -0.494 e. The summed E-state index contributed by atoms with van der Waals surface area (Å²) in [6, 6.07) is 12.0. The number of hydrogen-bond donors (Lipinski definition) is 4. The summed E-state index contributed by atoms with van der Waals surface area (Å²) in [7, 11) is 1.66. The summed E-state index contributed by atoms with van der Waals surface area (Å²) >= 11 is 3.55. The van der Waals surface area contributed by atoms with Gasteiger partial charge in [0.1, 0.15) is 11.6 Å². The van der Waals surface area contributed by atoms with Crippen molar-refractivity contribution in [2.45, 2.75) is 25.8 Å². The highest BCUT2D eigenvalue weighted by molar-refractivity contribution is 9.10. The van der Waals surface area contributed by atoms with E-state index in [4.69, 9.17) is 4.74 Å². The van der Waals surface area contributed by atoms with Crippen molar-refractivity contribution < 1.29 is 9.53 Å². The maximum atomic E-state index is 12.4. The van der Waals surface area contributed by atoms with Gasteiger partial charge in [-0.3, -0.25) is 4.79 Å². The number of benzene rings is 2. The standard InChI is InChI=1S/C26H30BrN7O2/c1-26(2)22-16(5-4-6-20(22)31-24(26)35)14-29-23-18(27)15-30-25(33-23)32-19-8-7-17(13-21(19)36-3)34-11-9-28-10-12-34/h4-8,13,15,28H,9-12,14H2,1-3H3,(H,31,35)(H2,29,30,32,33). The van der Waals surface area contributed by atoms with Crippen LogP contribution in [-0.4, -0.2) is 49.2 Å². The Morgan fingerprint density at radius 2 is 2.00 bits per heavy atom. The Bertz CT molecular complexity index is 1290. The first-order valence-corrected chi connectivity index (χ1v) is 12.8. The molecular formula is C26H30BrN7O2. The summed E-state index contributed by atoms with van der Waals surface area (Å²) in [5.74, 6) is 1.84. The molecule has 3 heterocycles. The number of ether oxygens (including phenoxy) is 1. The van der Waals surface area contributed by atoms with E-state index < -0.39 is 5.41 Å². The number of carbonyl (C=O) groups excluding carboxylic acids is 1. The number of nitrogens with one attached hydrogen (secondary N) is 4. The third-order valence-electron chi connectivity index (χ3n) is 6.70. The SMILES string of the molecule is COc1cc(N2CCNCC2)ccc1Nc1ncc(Br)c(NCc2cccc3c2C(C)(C)C(=O)N3)n1. The highest BCUT2D eigenvalue weighted by atomic mass is 79.9. The number of nitrogens with zero attached hydrogens (tertiary/aromatic N) is 3. The topological polar surface area (TPSA) is 103 Å². The second kappa shape index (κ2) is 9.94. The van der Waals surface area contributed by atoms with Crippen LogP contribution in [0.25, 0.3) is 0 Å². The summed E-state index contributed by atoms with van der Waals surface area (Å²) in [5.41, 5.74) is 4.25. The lowest BCUT2D eigenvalue weighted by atomic mass is 9.83. The van der Waals surface area contributed by atoms with Gasteiger partial charge in [0.05, 0.1) is 22.7 Å². The van der Waals surface area contributed by atoms with Crippen molar-refractivity contribution >= 4 is 50.7 Å². The number of piperazine rings is 1. The van der Waals surface area contributed by atoms with Crippen LogP contribution in [0.5, 0.6) is 5.75 Å². The fourth-order valence-electron chi connectivity index (χ4n) is 4.74. The van der Waals surface area contributed by atoms with E-state index in [1.165, 1.54) is 0 Å². The number of rotatable bonds is 7.